The summed E-state index contributed by atoms with van der Waals surface area (Å²) >= 11 is 0. The number of pyridine rings is 1. The van der Waals surface area contributed by atoms with Crippen molar-refractivity contribution in [2.45, 2.75) is 19.3 Å². The van der Waals surface area contributed by atoms with Crippen molar-refractivity contribution in [3.63, 3.8) is 0 Å². The smallest absolute Gasteiger partial charge is 0.354 e. The number of aromatic nitrogens is 3. The molecule has 0 radical (unpaired) electrons. The molecule has 17 heavy (non-hydrogen) atoms. The van der Waals surface area contributed by atoms with Crippen LogP contribution >= 0.6 is 0 Å². The lowest BCUT2D eigenvalue weighted by atomic mass is 10.1. The Kier molecular flexibility index (Phi) is 2.18. The molecule has 2 aromatic rings. The SMILES string of the molecule is O=C(O)c1cc2c(c(-n3ccnc3)n1)CCC2. The molecule has 0 unspecified atom stereocenters. The van der Waals surface area contributed by atoms with Crippen LogP contribution in [-0.2, 0) is 12.8 Å². The third-order valence-corrected chi connectivity index (χ3v) is 3.04. The molecular formula is C12H11N3O2. The fourth-order valence-corrected chi connectivity index (χ4v) is 2.27. The summed E-state index contributed by atoms with van der Waals surface area (Å²) in [5, 5.41) is 9.05. The minimum Gasteiger partial charge on any atom is -0.477 e. The first kappa shape index (κ1) is 10.0. The molecule has 5 nitrogen and oxygen atoms in total. The predicted molar refractivity (Wildman–Crippen MR) is 60.3 cm³/mol. The van der Waals surface area contributed by atoms with Gasteiger partial charge in [-0.25, -0.2) is 14.8 Å². The van der Waals surface area contributed by atoms with E-state index in [1.54, 1.807) is 29.4 Å². The van der Waals surface area contributed by atoms with E-state index in [1.807, 2.05) is 0 Å². The lowest BCUT2D eigenvalue weighted by Crippen LogP contribution is -2.08. The Bertz CT molecular complexity index is 576. The van der Waals surface area contributed by atoms with Gasteiger partial charge in [-0.05, 0) is 36.5 Å². The molecule has 0 saturated heterocycles. The van der Waals surface area contributed by atoms with Crippen LogP contribution in [0.2, 0.25) is 0 Å². The molecule has 5 heteroatoms. The molecule has 0 amide bonds. The van der Waals surface area contributed by atoms with Crippen molar-refractivity contribution < 1.29 is 9.90 Å². The maximum Gasteiger partial charge on any atom is 0.354 e. The minimum absolute atomic E-state index is 0.106. The quantitative estimate of drug-likeness (QED) is 0.846. The monoisotopic (exact) mass is 229 g/mol. The number of carbonyl (C=O) groups is 1. The van der Waals surface area contributed by atoms with Crippen LogP contribution in [0.25, 0.3) is 5.82 Å². The number of rotatable bonds is 2. The van der Waals surface area contributed by atoms with Crippen molar-refractivity contribution in [2.75, 3.05) is 0 Å². The van der Waals surface area contributed by atoms with Crippen molar-refractivity contribution in [3.8, 4) is 5.82 Å². The highest BCUT2D eigenvalue weighted by atomic mass is 16.4. The van der Waals surface area contributed by atoms with Gasteiger partial charge in [-0.3, -0.25) is 4.57 Å². The number of hydrogen-bond donors (Lipinski definition) is 1. The molecule has 1 N–H and O–H groups in total. The van der Waals surface area contributed by atoms with E-state index >= 15 is 0 Å². The van der Waals surface area contributed by atoms with E-state index in [9.17, 15) is 4.79 Å². The van der Waals surface area contributed by atoms with E-state index < -0.39 is 5.97 Å². The Morgan fingerprint density at radius 1 is 1.41 bits per heavy atom. The fourth-order valence-electron chi connectivity index (χ4n) is 2.27. The zero-order valence-electron chi connectivity index (χ0n) is 9.13. The van der Waals surface area contributed by atoms with Gasteiger partial charge in [0.1, 0.15) is 12.1 Å². The van der Waals surface area contributed by atoms with E-state index in [4.69, 9.17) is 5.11 Å². The van der Waals surface area contributed by atoms with Crippen LogP contribution in [0.4, 0.5) is 0 Å². The number of carboxylic acid groups (broad SMARTS) is 1. The molecule has 86 valence electrons. The van der Waals surface area contributed by atoms with Gasteiger partial charge in [0.2, 0.25) is 0 Å². The van der Waals surface area contributed by atoms with Crippen molar-refractivity contribution in [1.82, 2.24) is 14.5 Å². The average molecular weight is 229 g/mol. The summed E-state index contributed by atoms with van der Waals surface area (Å²) in [6.45, 7) is 0. The first-order chi connectivity index (χ1) is 8.25. The summed E-state index contributed by atoms with van der Waals surface area (Å²) < 4.78 is 1.77. The second-order valence-corrected chi connectivity index (χ2v) is 4.10. The van der Waals surface area contributed by atoms with Crippen molar-refractivity contribution in [2.24, 2.45) is 0 Å². The highest BCUT2D eigenvalue weighted by Crippen LogP contribution is 2.27. The standard InChI is InChI=1S/C12H11N3O2/c16-12(17)10-6-8-2-1-3-9(8)11(14-10)15-5-4-13-7-15/h4-7H,1-3H2,(H,16,17). The number of aromatic carboxylic acids is 1. The second-order valence-electron chi connectivity index (χ2n) is 4.10. The summed E-state index contributed by atoms with van der Waals surface area (Å²) in [4.78, 5) is 19.2. The number of hydrogen-bond acceptors (Lipinski definition) is 3. The molecule has 1 aliphatic rings. The van der Waals surface area contributed by atoms with E-state index in [1.165, 1.54) is 0 Å². The summed E-state index contributed by atoms with van der Waals surface area (Å²) in [5.41, 5.74) is 2.35. The van der Waals surface area contributed by atoms with Crippen LogP contribution in [0.5, 0.6) is 0 Å². The van der Waals surface area contributed by atoms with Gasteiger partial charge in [-0.15, -0.1) is 0 Å². The molecule has 2 heterocycles. The molecule has 0 atom stereocenters. The van der Waals surface area contributed by atoms with E-state index in [2.05, 4.69) is 9.97 Å². The van der Waals surface area contributed by atoms with Gasteiger partial charge in [0.25, 0.3) is 0 Å². The molecular weight excluding hydrogens is 218 g/mol. The Balaban J connectivity index is 2.23. The molecule has 1 aliphatic carbocycles. The van der Waals surface area contributed by atoms with Gasteiger partial charge in [0, 0.05) is 12.4 Å². The van der Waals surface area contributed by atoms with Crippen molar-refractivity contribution in [1.29, 1.82) is 0 Å². The zero-order valence-corrected chi connectivity index (χ0v) is 9.13. The van der Waals surface area contributed by atoms with Crippen LogP contribution < -0.4 is 0 Å². The summed E-state index contributed by atoms with van der Waals surface area (Å²) in [6.07, 6.45) is 8.03. The molecule has 3 rings (SSSR count). The van der Waals surface area contributed by atoms with E-state index in [-0.39, 0.29) is 5.69 Å². The highest BCUT2D eigenvalue weighted by Gasteiger charge is 2.20. The first-order valence-corrected chi connectivity index (χ1v) is 5.50. The van der Waals surface area contributed by atoms with E-state index in [0.29, 0.717) is 5.82 Å². The summed E-state index contributed by atoms with van der Waals surface area (Å²) in [6, 6.07) is 1.69. The second kappa shape index (κ2) is 3.69. The third-order valence-electron chi connectivity index (χ3n) is 3.04. The normalized spacial score (nSPS) is 13.6. The molecule has 0 aromatic carbocycles. The van der Waals surface area contributed by atoms with Gasteiger partial charge < -0.3 is 5.11 Å². The Labute approximate surface area is 97.8 Å². The summed E-state index contributed by atoms with van der Waals surface area (Å²) in [7, 11) is 0. The molecule has 0 spiro atoms. The van der Waals surface area contributed by atoms with Crippen molar-refractivity contribution in [3.05, 3.63) is 41.6 Å². The Morgan fingerprint density at radius 3 is 3.00 bits per heavy atom. The number of imidazole rings is 1. The van der Waals surface area contributed by atoms with Gasteiger partial charge >= 0.3 is 5.97 Å². The maximum absolute atomic E-state index is 11.0. The number of fused-ring (bicyclic) bond motifs is 1. The maximum atomic E-state index is 11.0. The predicted octanol–water partition coefficient (Wildman–Crippen LogP) is 1.45. The molecule has 0 bridgehead atoms. The molecule has 0 aliphatic heterocycles. The molecule has 2 aromatic heterocycles. The molecule has 0 fully saturated rings. The van der Waals surface area contributed by atoms with Gasteiger partial charge in [-0.2, -0.15) is 0 Å². The molecule has 0 saturated carbocycles. The highest BCUT2D eigenvalue weighted by molar-refractivity contribution is 5.86. The third kappa shape index (κ3) is 1.60. The Hall–Kier alpha value is -2.17. The van der Waals surface area contributed by atoms with Crippen LogP contribution in [0.15, 0.2) is 24.8 Å². The van der Waals surface area contributed by atoms with Gasteiger partial charge in [-0.1, -0.05) is 0 Å². The summed E-state index contributed by atoms with van der Waals surface area (Å²) in [5.74, 6) is -0.282. The average Bonchev–Trinajstić information content (AvgIpc) is 2.98. The minimum atomic E-state index is -0.985. The lowest BCUT2D eigenvalue weighted by Gasteiger charge is -2.09. The zero-order chi connectivity index (χ0) is 11.8. The van der Waals surface area contributed by atoms with Crippen LogP contribution in [0.3, 0.4) is 0 Å². The Morgan fingerprint density at radius 2 is 2.29 bits per heavy atom. The van der Waals surface area contributed by atoms with Gasteiger partial charge in [0.15, 0.2) is 5.69 Å². The largest absolute Gasteiger partial charge is 0.477 e. The number of nitrogens with zero attached hydrogens (tertiary/aromatic N) is 3. The lowest BCUT2D eigenvalue weighted by molar-refractivity contribution is 0.0690. The fraction of sp³-hybridized carbons (Fsp3) is 0.250. The van der Waals surface area contributed by atoms with Crippen LogP contribution in [0, 0.1) is 0 Å². The van der Waals surface area contributed by atoms with Crippen molar-refractivity contribution >= 4 is 5.97 Å². The number of carboxylic acids is 1. The topological polar surface area (TPSA) is 68.0 Å². The number of aryl methyl sites for hydroxylation is 1. The van der Waals surface area contributed by atoms with E-state index in [0.717, 1.165) is 30.4 Å². The first-order valence-electron chi connectivity index (χ1n) is 5.50. The van der Waals surface area contributed by atoms with Crippen LogP contribution in [0.1, 0.15) is 28.0 Å². The van der Waals surface area contributed by atoms with Crippen LogP contribution in [-0.4, -0.2) is 25.6 Å². The van der Waals surface area contributed by atoms with Gasteiger partial charge in [0.05, 0.1) is 0 Å².